The van der Waals surface area contributed by atoms with Crippen LogP contribution >= 0.6 is 0 Å². The van der Waals surface area contributed by atoms with E-state index >= 15 is 0 Å². The van der Waals surface area contributed by atoms with Gasteiger partial charge in [-0.1, -0.05) is 0 Å². The molecule has 0 fully saturated rings. The van der Waals surface area contributed by atoms with Gasteiger partial charge >= 0.3 is 6.18 Å². The highest BCUT2D eigenvalue weighted by Gasteiger charge is 2.38. The molecule has 1 aromatic carbocycles. The van der Waals surface area contributed by atoms with E-state index < -0.39 is 30.1 Å². The van der Waals surface area contributed by atoms with Gasteiger partial charge in [0.25, 0.3) is 5.56 Å². The molecule has 0 aliphatic heterocycles. The summed E-state index contributed by atoms with van der Waals surface area (Å²) in [6.45, 7) is 0. The Morgan fingerprint density at radius 2 is 2.05 bits per heavy atom. The summed E-state index contributed by atoms with van der Waals surface area (Å²) in [4.78, 5) is 17.4. The number of nitrogens with one attached hydrogen (secondary N) is 1. The van der Waals surface area contributed by atoms with Crippen LogP contribution in [0.2, 0.25) is 0 Å². The lowest BCUT2D eigenvalue weighted by Gasteiger charge is -2.13. The summed E-state index contributed by atoms with van der Waals surface area (Å²) in [5.41, 5.74) is -0.691. The molecule has 1 aromatic heterocycles. The van der Waals surface area contributed by atoms with Crippen molar-refractivity contribution in [2.75, 3.05) is 0 Å². The van der Waals surface area contributed by atoms with Gasteiger partial charge in [0.1, 0.15) is 11.6 Å². The predicted molar refractivity (Wildman–Crippen MR) is 58.1 cm³/mol. The number of benzene rings is 1. The summed E-state index contributed by atoms with van der Waals surface area (Å²) in [5.74, 6) is -0.961. The fourth-order valence-corrected chi connectivity index (χ4v) is 1.55. The SMILES string of the molecule is O=c1[nH]c(C[C@H](O)C(F)(F)F)nc2ccc(F)cc12. The molecule has 0 amide bonds. The van der Waals surface area contributed by atoms with Crippen LogP contribution in [0.4, 0.5) is 17.6 Å². The van der Waals surface area contributed by atoms with Crippen molar-refractivity contribution >= 4 is 10.9 Å². The average Bonchev–Trinajstić information content (AvgIpc) is 2.29. The number of fused-ring (bicyclic) bond motifs is 1. The van der Waals surface area contributed by atoms with E-state index in [2.05, 4.69) is 9.97 Å². The lowest BCUT2D eigenvalue weighted by atomic mass is 10.2. The molecule has 19 heavy (non-hydrogen) atoms. The second-order valence-corrected chi connectivity index (χ2v) is 3.94. The fraction of sp³-hybridized carbons (Fsp3) is 0.273. The summed E-state index contributed by atoms with van der Waals surface area (Å²) in [6.07, 6.45) is -8.28. The van der Waals surface area contributed by atoms with Crippen LogP contribution in [-0.4, -0.2) is 27.4 Å². The third-order valence-electron chi connectivity index (χ3n) is 2.48. The highest BCUT2D eigenvalue weighted by Crippen LogP contribution is 2.22. The van der Waals surface area contributed by atoms with Gasteiger partial charge in [-0.05, 0) is 18.2 Å². The molecule has 0 saturated heterocycles. The van der Waals surface area contributed by atoms with E-state index in [0.717, 1.165) is 12.1 Å². The number of alkyl halides is 3. The number of rotatable bonds is 2. The van der Waals surface area contributed by atoms with Crippen molar-refractivity contribution in [2.24, 2.45) is 0 Å². The maximum atomic E-state index is 12.9. The largest absolute Gasteiger partial charge is 0.414 e. The van der Waals surface area contributed by atoms with E-state index in [0.29, 0.717) is 0 Å². The Kier molecular flexibility index (Phi) is 3.27. The van der Waals surface area contributed by atoms with E-state index in [1.165, 1.54) is 6.07 Å². The molecule has 2 aromatic rings. The summed E-state index contributed by atoms with van der Waals surface area (Å²) < 4.78 is 49.5. The van der Waals surface area contributed by atoms with Gasteiger partial charge < -0.3 is 10.1 Å². The average molecular weight is 276 g/mol. The van der Waals surface area contributed by atoms with Gasteiger partial charge in [-0.15, -0.1) is 0 Å². The molecule has 0 unspecified atom stereocenters. The minimum Gasteiger partial charge on any atom is -0.383 e. The van der Waals surface area contributed by atoms with E-state index in [4.69, 9.17) is 5.11 Å². The molecule has 1 atom stereocenters. The zero-order valence-corrected chi connectivity index (χ0v) is 9.33. The van der Waals surface area contributed by atoms with Crippen molar-refractivity contribution in [3.8, 4) is 0 Å². The Morgan fingerprint density at radius 3 is 2.68 bits per heavy atom. The highest BCUT2D eigenvalue weighted by atomic mass is 19.4. The van der Waals surface area contributed by atoms with Crippen molar-refractivity contribution in [3.63, 3.8) is 0 Å². The smallest absolute Gasteiger partial charge is 0.383 e. The van der Waals surface area contributed by atoms with Crippen molar-refractivity contribution in [1.29, 1.82) is 0 Å². The lowest BCUT2D eigenvalue weighted by Crippen LogP contribution is -2.31. The first-order chi connectivity index (χ1) is 8.77. The van der Waals surface area contributed by atoms with E-state index in [-0.39, 0.29) is 16.7 Å². The van der Waals surface area contributed by atoms with E-state index in [9.17, 15) is 22.4 Å². The first-order valence-electron chi connectivity index (χ1n) is 5.20. The number of aromatic amines is 1. The molecule has 4 nitrogen and oxygen atoms in total. The molecule has 0 bridgehead atoms. The molecule has 102 valence electrons. The highest BCUT2D eigenvalue weighted by molar-refractivity contribution is 5.77. The van der Waals surface area contributed by atoms with Gasteiger partial charge in [-0.25, -0.2) is 9.37 Å². The molecule has 0 aliphatic carbocycles. The molecule has 2 N–H and O–H groups in total. The molecule has 0 saturated carbocycles. The van der Waals surface area contributed by atoms with E-state index in [1.807, 2.05) is 0 Å². The van der Waals surface area contributed by atoms with Crippen LogP contribution in [0.3, 0.4) is 0 Å². The molecule has 0 aliphatic rings. The van der Waals surface area contributed by atoms with Crippen LogP contribution in [0.15, 0.2) is 23.0 Å². The summed E-state index contributed by atoms with van der Waals surface area (Å²) in [7, 11) is 0. The van der Waals surface area contributed by atoms with Crippen molar-refractivity contribution in [1.82, 2.24) is 9.97 Å². The number of aromatic nitrogens is 2. The lowest BCUT2D eigenvalue weighted by molar-refractivity contribution is -0.203. The van der Waals surface area contributed by atoms with Gasteiger partial charge in [0.05, 0.1) is 10.9 Å². The van der Waals surface area contributed by atoms with E-state index in [1.54, 1.807) is 0 Å². The number of halogens is 4. The minimum atomic E-state index is -4.80. The molecule has 0 radical (unpaired) electrons. The van der Waals surface area contributed by atoms with Crippen molar-refractivity contribution in [2.45, 2.75) is 18.7 Å². The topological polar surface area (TPSA) is 66.0 Å². The zero-order valence-electron chi connectivity index (χ0n) is 9.33. The Morgan fingerprint density at radius 1 is 1.37 bits per heavy atom. The molecular weight excluding hydrogens is 268 g/mol. The number of hydrogen-bond acceptors (Lipinski definition) is 3. The Bertz CT molecular complexity index is 666. The minimum absolute atomic E-state index is 0.0644. The predicted octanol–water partition coefficient (Wildman–Crippen LogP) is 1.53. The number of H-pyrrole nitrogens is 1. The standard InChI is InChI=1S/C11H8F4N2O2/c12-5-1-2-7-6(3-5)10(19)17-9(16-7)4-8(18)11(13,14)15/h1-3,8,18H,4H2,(H,16,17,19)/t8-/m0/s1. The van der Waals surface area contributed by atoms with Gasteiger partial charge in [0.2, 0.25) is 0 Å². The molecule has 0 spiro atoms. The zero-order chi connectivity index (χ0) is 14.2. The van der Waals surface area contributed by atoms with Crippen molar-refractivity contribution < 1.29 is 22.7 Å². The Labute approximate surface area is 103 Å². The van der Waals surface area contributed by atoms with Crippen molar-refractivity contribution in [3.05, 3.63) is 40.2 Å². The first kappa shape index (κ1) is 13.5. The summed E-state index contributed by atoms with van der Waals surface area (Å²) >= 11 is 0. The number of aliphatic hydroxyl groups is 1. The van der Waals surface area contributed by atoms with Crippen LogP contribution in [0.1, 0.15) is 5.82 Å². The maximum absolute atomic E-state index is 12.9. The number of hydrogen-bond donors (Lipinski definition) is 2. The van der Waals surface area contributed by atoms with Gasteiger partial charge in [0.15, 0.2) is 6.10 Å². The fourth-order valence-electron chi connectivity index (χ4n) is 1.55. The molecule has 8 heteroatoms. The van der Waals surface area contributed by atoms with Crippen LogP contribution in [0, 0.1) is 5.82 Å². The summed E-state index contributed by atoms with van der Waals surface area (Å²) in [5, 5.41) is 8.83. The second kappa shape index (κ2) is 4.61. The van der Waals surface area contributed by atoms with Gasteiger partial charge in [0, 0.05) is 6.42 Å². The second-order valence-electron chi connectivity index (χ2n) is 3.94. The normalized spacial score (nSPS) is 13.7. The van der Waals surface area contributed by atoms with Crippen LogP contribution in [-0.2, 0) is 6.42 Å². The quantitative estimate of drug-likeness (QED) is 0.817. The van der Waals surface area contributed by atoms with Crippen LogP contribution in [0.5, 0.6) is 0 Å². The van der Waals surface area contributed by atoms with Crippen LogP contribution < -0.4 is 5.56 Å². The summed E-state index contributed by atoms with van der Waals surface area (Å²) in [6, 6.07) is 3.16. The molecule has 2 rings (SSSR count). The Hall–Kier alpha value is -1.96. The third kappa shape index (κ3) is 2.90. The van der Waals surface area contributed by atoms with Gasteiger partial charge in [-0.2, -0.15) is 13.2 Å². The monoisotopic (exact) mass is 276 g/mol. The molecule has 1 heterocycles. The third-order valence-corrected chi connectivity index (χ3v) is 2.48. The Balaban J connectivity index is 2.42. The maximum Gasteiger partial charge on any atom is 0.414 e. The van der Waals surface area contributed by atoms with Crippen LogP contribution in [0.25, 0.3) is 10.9 Å². The first-order valence-corrected chi connectivity index (χ1v) is 5.20. The number of nitrogens with zero attached hydrogens (tertiary/aromatic N) is 1. The number of aliphatic hydroxyl groups excluding tert-OH is 1. The van der Waals surface area contributed by atoms with Gasteiger partial charge in [-0.3, -0.25) is 4.79 Å². The molecular formula is C11H8F4N2O2.